The van der Waals surface area contributed by atoms with Gasteiger partial charge in [-0.2, -0.15) is 5.26 Å². The van der Waals surface area contributed by atoms with Crippen LogP contribution in [-0.2, 0) is 0 Å². The molecule has 0 amide bonds. The van der Waals surface area contributed by atoms with Crippen LogP contribution in [0.25, 0.3) is 0 Å². The topological polar surface area (TPSA) is 23.8 Å². The van der Waals surface area contributed by atoms with E-state index in [4.69, 9.17) is 5.26 Å². The van der Waals surface area contributed by atoms with Crippen LogP contribution in [0.5, 0.6) is 0 Å². The Bertz CT molecular complexity index is 232. The first-order chi connectivity index (χ1) is 5.22. The summed E-state index contributed by atoms with van der Waals surface area (Å²) in [7, 11) is 0. The first-order valence-electron chi connectivity index (χ1n) is 2.93. The molecule has 0 atom stereocenters. The zero-order chi connectivity index (χ0) is 8.69. The van der Waals surface area contributed by atoms with Crippen molar-refractivity contribution in [3.8, 4) is 6.07 Å². The molecule has 1 nitrogen and oxygen atoms in total. The SMILES string of the molecule is CC#N.Ic1ccccc1I. The van der Waals surface area contributed by atoms with Crippen LogP contribution in [0.3, 0.4) is 0 Å². The van der Waals surface area contributed by atoms with Crippen LogP contribution in [0.1, 0.15) is 6.92 Å². The number of halogens is 2. The van der Waals surface area contributed by atoms with Gasteiger partial charge in [-0.15, -0.1) is 0 Å². The Balaban J connectivity index is 0.000000292. The van der Waals surface area contributed by atoms with Crippen LogP contribution >= 0.6 is 45.2 Å². The lowest BCUT2D eigenvalue weighted by Crippen LogP contribution is -1.73. The lowest BCUT2D eigenvalue weighted by atomic mass is 10.4. The van der Waals surface area contributed by atoms with Crippen molar-refractivity contribution in [3.63, 3.8) is 0 Å². The highest BCUT2D eigenvalue weighted by Gasteiger charge is 1.87. The summed E-state index contributed by atoms with van der Waals surface area (Å²) in [5, 5.41) is 7.32. The molecule has 0 heterocycles. The highest BCUT2D eigenvalue weighted by atomic mass is 127. The molecule has 0 unspecified atom stereocenters. The number of hydrogen-bond acceptors (Lipinski definition) is 1. The molecule has 0 aliphatic carbocycles. The summed E-state index contributed by atoms with van der Waals surface area (Å²) < 4.78 is 2.65. The molecule has 0 aliphatic heterocycles. The van der Waals surface area contributed by atoms with Gasteiger partial charge < -0.3 is 0 Å². The minimum Gasteiger partial charge on any atom is -0.199 e. The van der Waals surface area contributed by atoms with Crippen molar-refractivity contribution in [2.24, 2.45) is 0 Å². The Hall–Kier alpha value is 0.170. The number of rotatable bonds is 0. The zero-order valence-electron chi connectivity index (χ0n) is 6.01. The van der Waals surface area contributed by atoms with E-state index in [2.05, 4.69) is 57.3 Å². The number of benzene rings is 1. The predicted octanol–water partition coefficient (Wildman–Crippen LogP) is 3.43. The van der Waals surface area contributed by atoms with Crippen molar-refractivity contribution in [3.05, 3.63) is 31.4 Å². The molecule has 1 aromatic carbocycles. The summed E-state index contributed by atoms with van der Waals surface area (Å²) in [4.78, 5) is 0. The van der Waals surface area contributed by atoms with Crippen LogP contribution in [0.2, 0.25) is 0 Å². The van der Waals surface area contributed by atoms with Crippen molar-refractivity contribution in [1.82, 2.24) is 0 Å². The van der Waals surface area contributed by atoms with Crippen LogP contribution in [0.4, 0.5) is 0 Å². The minimum absolute atomic E-state index is 1.32. The standard InChI is InChI=1S/C6H4I2.C2H3N/c7-5-3-1-2-4-6(5)8;1-2-3/h1-4H;1H3. The first kappa shape index (κ1) is 11.2. The lowest BCUT2D eigenvalue weighted by molar-refractivity contribution is 1.49. The van der Waals surface area contributed by atoms with Crippen LogP contribution in [0.15, 0.2) is 24.3 Å². The van der Waals surface area contributed by atoms with E-state index in [0.29, 0.717) is 0 Å². The monoisotopic (exact) mass is 371 g/mol. The van der Waals surface area contributed by atoms with Crippen LogP contribution in [0, 0.1) is 18.5 Å². The minimum atomic E-state index is 1.32. The maximum absolute atomic E-state index is 7.32. The molecule has 0 fully saturated rings. The van der Waals surface area contributed by atoms with Crippen molar-refractivity contribution >= 4 is 45.2 Å². The molecular formula is C8H7I2N. The van der Waals surface area contributed by atoms with Gasteiger partial charge in [0.25, 0.3) is 0 Å². The maximum Gasteiger partial charge on any atom is 0.0587 e. The molecule has 58 valence electrons. The molecule has 0 aliphatic rings. The summed E-state index contributed by atoms with van der Waals surface area (Å²) in [6.07, 6.45) is 0. The maximum atomic E-state index is 7.32. The van der Waals surface area contributed by atoms with Gasteiger partial charge in [0.15, 0.2) is 0 Å². The molecule has 0 saturated heterocycles. The molecule has 0 saturated carbocycles. The quantitative estimate of drug-likeness (QED) is 0.642. The van der Waals surface area contributed by atoms with E-state index in [1.807, 2.05) is 12.1 Å². The predicted molar refractivity (Wildman–Crippen MR) is 63.2 cm³/mol. The van der Waals surface area contributed by atoms with Crippen molar-refractivity contribution in [2.45, 2.75) is 6.92 Å². The lowest BCUT2D eigenvalue weighted by Gasteiger charge is -1.89. The third-order valence-electron chi connectivity index (χ3n) is 0.824. The van der Waals surface area contributed by atoms with Gasteiger partial charge in [0.05, 0.1) is 6.07 Å². The Labute approximate surface area is 94.1 Å². The molecule has 0 N–H and O–H groups in total. The van der Waals surface area contributed by atoms with Crippen molar-refractivity contribution in [2.75, 3.05) is 0 Å². The molecule has 0 aromatic heterocycles. The smallest absolute Gasteiger partial charge is 0.0587 e. The molecule has 0 bridgehead atoms. The second-order valence-electron chi connectivity index (χ2n) is 1.64. The third-order valence-corrected chi connectivity index (χ3v) is 3.74. The second-order valence-corrected chi connectivity index (χ2v) is 3.96. The third kappa shape index (κ3) is 5.44. The summed E-state index contributed by atoms with van der Waals surface area (Å²) in [5.41, 5.74) is 0. The fraction of sp³-hybridized carbons (Fsp3) is 0.125. The molecular weight excluding hydrogens is 364 g/mol. The highest BCUT2D eigenvalue weighted by Crippen LogP contribution is 2.12. The van der Waals surface area contributed by atoms with Crippen molar-refractivity contribution < 1.29 is 0 Å². The average molecular weight is 371 g/mol. The molecule has 3 heteroatoms. The second kappa shape index (κ2) is 6.85. The molecule has 1 rings (SSSR count). The van der Waals surface area contributed by atoms with Gasteiger partial charge in [0.2, 0.25) is 0 Å². The van der Waals surface area contributed by atoms with Gasteiger partial charge in [0, 0.05) is 14.1 Å². The van der Waals surface area contributed by atoms with Gasteiger partial charge >= 0.3 is 0 Å². The number of nitrogens with zero attached hydrogens (tertiary/aromatic N) is 1. The van der Waals surface area contributed by atoms with E-state index in [0.717, 1.165) is 0 Å². The largest absolute Gasteiger partial charge is 0.199 e. The number of hydrogen-bond donors (Lipinski definition) is 0. The highest BCUT2D eigenvalue weighted by molar-refractivity contribution is 14.1. The van der Waals surface area contributed by atoms with Crippen LogP contribution in [-0.4, -0.2) is 0 Å². The fourth-order valence-corrected chi connectivity index (χ4v) is 1.21. The van der Waals surface area contributed by atoms with Gasteiger partial charge in [-0.1, -0.05) is 12.1 Å². The van der Waals surface area contributed by atoms with E-state index >= 15 is 0 Å². The van der Waals surface area contributed by atoms with E-state index in [-0.39, 0.29) is 0 Å². The molecule has 0 spiro atoms. The van der Waals surface area contributed by atoms with Crippen molar-refractivity contribution in [1.29, 1.82) is 5.26 Å². The van der Waals surface area contributed by atoms with E-state index in [1.165, 1.54) is 14.1 Å². The molecule has 11 heavy (non-hydrogen) atoms. The fourth-order valence-electron chi connectivity index (χ4n) is 0.439. The van der Waals surface area contributed by atoms with Gasteiger partial charge in [0.1, 0.15) is 0 Å². The van der Waals surface area contributed by atoms with Gasteiger partial charge in [-0.3, -0.25) is 0 Å². The summed E-state index contributed by atoms with van der Waals surface area (Å²) in [5.74, 6) is 0. The van der Waals surface area contributed by atoms with Gasteiger partial charge in [-0.05, 0) is 57.3 Å². The van der Waals surface area contributed by atoms with Crippen LogP contribution < -0.4 is 0 Å². The Kier molecular flexibility index (Phi) is 6.96. The summed E-state index contributed by atoms with van der Waals surface area (Å²) in [6.45, 7) is 1.43. The van der Waals surface area contributed by atoms with Gasteiger partial charge in [-0.25, -0.2) is 0 Å². The Morgan fingerprint density at radius 1 is 1.18 bits per heavy atom. The summed E-state index contributed by atoms with van der Waals surface area (Å²) >= 11 is 4.63. The Morgan fingerprint density at radius 3 is 1.64 bits per heavy atom. The van der Waals surface area contributed by atoms with E-state index < -0.39 is 0 Å². The zero-order valence-corrected chi connectivity index (χ0v) is 10.3. The van der Waals surface area contributed by atoms with E-state index in [9.17, 15) is 0 Å². The normalized spacial score (nSPS) is 7.45. The Morgan fingerprint density at radius 2 is 1.45 bits per heavy atom. The molecule has 1 aromatic rings. The molecule has 0 radical (unpaired) electrons. The average Bonchev–Trinajstić information content (AvgIpc) is 1.97. The number of nitriles is 1. The first-order valence-corrected chi connectivity index (χ1v) is 5.09. The van der Waals surface area contributed by atoms with E-state index in [1.54, 1.807) is 6.07 Å². The summed E-state index contributed by atoms with van der Waals surface area (Å²) in [6, 6.07) is 10.0.